The molecule has 1 rings (SSSR count). The van der Waals surface area contributed by atoms with Crippen LogP contribution in [0.2, 0.25) is 0 Å². The summed E-state index contributed by atoms with van der Waals surface area (Å²) in [5, 5.41) is 1.23. The zero-order chi connectivity index (χ0) is 8.86. The minimum Gasteiger partial charge on any atom is -0.165 e. The van der Waals surface area contributed by atoms with Crippen LogP contribution in [0.25, 0.3) is 0 Å². The molecule has 0 heterocycles. The van der Waals surface area contributed by atoms with Gasteiger partial charge in [-0.05, 0) is 43.1 Å². The maximum absolute atomic E-state index is 3.68. The molecule has 0 spiro atoms. The highest BCUT2D eigenvalue weighted by Gasteiger charge is 2.31. The molecule has 1 aliphatic carbocycles. The van der Waals surface area contributed by atoms with E-state index in [1.807, 2.05) is 11.8 Å². The van der Waals surface area contributed by atoms with Crippen LogP contribution in [0.15, 0.2) is 0 Å². The van der Waals surface area contributed by atoms with Crippen LogP contribution in [-0.4, -0.2) is 17.3 Å². The van der Waals surface area contributed by atoms with Crippen molar-refractivity contribution in [3.8, 4) is 0 Å². The molecule has 0 N–H and O–H groups in total. The lowest BCUT2D eigenvalue weighted by atomic mass is 9.84. The maximum Gasteiger partial charge on any atom is 0.00879 e. The summed E-state index contributed by atoms with van der Waals surface area (Å²) >= 11 is 5.66. The van der Waals surface area contributed by atoms with Crippen molar-refractivity contribution in [1.29, 1.82) is 0 Å². The Balaban J connectivity index is 2.24. The third-order valence-corrected chi connectivity index (χ3v) is 4.89. The lowest BCUT2D eigenvalue weighted by Crippen LogP contribution is -2.18. The average Bonchev–Trinajstić information content (AvgIpc) is 2.55. The number of hydrogen-bond donors (Lipinski definition) is 0. The first-order valence-corrected chi connectivity index (χ1v) is 7.39. The summed E-state index contributed by atoms with van der Waals surface area (Å²) in [5.74, 6) is 1.34. The Morgan fingerprint density at radius 3 is 2.50 bits per heavy atom. The van der Waals surface area contributed by atoms with Crippen molar-refractivity contribution in [3.05, 3.63) is 0 Å². The number of rotatable bonds is 5. The largest absolute Gasteiger partial charge is 0.165 e. The van der Waals surface area contributed by atoms with Crippen molar-refractivity contribution in [3.63, 3.8) is 0 Å². The molecule has 0 radical (unpaired) electrons. The lowest BCUT2D eigenvalue weighted by Gasteiger charge is -2.26. The summed E-state index contributed by atoms with van der Waals surface area (Å²) in [5.41, 5.74) is 0.690. The van der Waals surface area contributed by atoms with Crippen LogP contribution in [0.3, 0.4) is 0 Å². The van der Waals surface area contributed by atoms with E-state index in [2.05, 4.69) is 22.2 Å². The van der Waals surface area contributed by atoms with Gasteiger partial charge in [-0.1, -0.05) is 28.8 Å². The van der Waals surface area contributed by atoms with E-state index in [1.54, 1.807) is 0 Å². The van der Waals surface area contributed by atoms with Crippen molar-refractivity contribution in [2.75, 3.05) is 17.3 Å². The van der Waals surface area contributed by atoms with Gasteiger partial charge in [0.2, 0.25) is 0 Å². The molecule has 0 amide bonds. The Hall–Kier alpha value is 0.830. The van der Waals surface area contributed by atoms with E-state index in [-0.39, 0.29) is 0 Å². The second-order valence-corrected chi connectivity index (χ2v) is 5.48. The van der Waals surface area contributed by atoms with Gasteiger partial charge >= 0.3 is 0 Å². The molecule has 0 atom stereocenters. The Kier molecular flexibility index (Phi) is 5.03. The molecule has 0 bridgehead atoms. The van der Waals surface area contributed by atoms with Crippen LogP contribution in [0.1, 0.15) is 38.5 Å². The summed E-state index contributed by atoms with van der Waals surface area (Å²) in [6.45, 7) is 0. The van der Waals surface area contributed by atoms with Gasteiger partial charge in [0, 0.05) is 5.33 Å². The van der Waals surface area contributed by atoms with E-state index in [9.17, 15) is 0 Å². The zero-order valence-electron chi connectivity index (χ0n) is 7.94. The Labute approximate surface area is 89.0 Å². The first kappa shape index (κ1) is 10.9. The molecule has 0 saturated heterocycles. The third kappa shape index (κ3) is 2.95. The van der Waals surface area contributed by atoms with Crippen LogP contribution in [0.5, 0.6) is 0 Å². The number of thioether (sulfide) groups is 1. The standard InChI is InChI=1S/C10H19BrS/c1-12-8-4-7-10(9-11)5-2-3-6-10/h2-9H2,1H3. The fraction of sp³-hybridized carbons (Fsp3) is 1.00. The SMILES string of the molecule is CSCCCC1(CBr)CCCC1. The predicted octanol–water partition coefficient (Wildman–Crippen LogP) is 4.08. The van der Waals surface area contributed by atoms with Crippen LogP contribution in [0, 0.1) is 5.41 Å². The highest BCUT2D eigenvalue weighted by atomic mass is 79.9. The van der Waals surface area contributed by atoms with E-state index < -0.39 is 0 Å². The molecule has 0 aliphatic heterocycles. The third-order valence-electron chi connectivity index (χ3n) is 3.00. The number of hydrogen-bond acceptors (Lipinski definition) is 1. The minimum absolute atomic E-state index is 0.690. The zero-order valence-corrected chi connectivity index (χ0v) is 10.3. The van der Waals surface area contributed by atoms with Crippen LogP contribution in [0.4, 0.5) is 0 Å². The van der Waals surface area contributed by atoms with Crippen LogP contribution >= 0.6 is 27.7 Å². The second-order valence-electron chi connectivity index (χ2n) is 3.94. The quantitative estimate of drug-likeness (QED) is 0.524. The monoisotopic (exact) mass is 250 g/mol. The second kappa shape index (κ2) is 5.54. The van der Waals surface area contributed by atoms with Gasteiger partial charge in [-0.15, -0.1) is 0 Å². The molecule has 12 heavy (non-hydrogen) atoms. The molecule has 1 aliphatic rings. The fourth-order valence-electron chi connectivity index (χ4n) is 2.17. The molecular formula is C10H19BrS. The molecule has 0 aromatic rings. The molecule has 0 nitrogen and oxygen atoms in total. The van der Waals surface area contributed by atoms with Crippen molar-refractivity contribution in [2.45, 2.75) is 38.5 Å². The average molecular weight is 251 g/mol. The topological polar surface area (TPSA) is 0 Å². The summed E-state index contributed by atoms with van der Waals surface area (Å²) in [4.78, 5) is 0. The van der Waals surface area contributed by atoms with Crippen molar-refractivity contribution < 1.29 is 0 Å². The summed E-state index contributed by atoms with van der Waals surface area (Å²) in [6.07, 6.45) is 10.9. The summed E-state index contributed by atoms with van der Waals surface area (Å²) in [6, 6.07) is 0. The van der Waals surface area contributed by atoms with E-state index >= 15 is 0 Å². The molecular weight excluding hydrogens is 232 g/mol. The number of alkyl halides is 1. The first-order valence-electron chi connectivity index (χ1n) is 4.88. The minimum atomic E-state index is 0.690. The van der Waals surface area contributed by atoms with E-state index in [4.69, 9.17) is 0 Å². The van der Waals surface area contributed by atoms with Crippen LogP contribution in [-0.2, 0) is 0 Å². The van der Waals surface area contributed by atoms with E-state index in [1.165, 1.54) is 49.6 Å². The maximum atomic E-state index is 3.68. The van der Waals surface area contributed by atoms with Gasteiger partial charge in [-0.2, -0.15) is 11.8 Å². The Morgan fingerprint density at radius 2 is 2.00 bits per heavy atom. The molecule has 0 unspecified atom stereocenters. The van der Waals surface area contributed by atoms with Gasteiger partial charge in [0.15, 0.2) is 0 Å². The Bertz CT molecular complexity index is 119. The number of halogens is 1. The normalized spacial score (nSPS) is 21.5. The van der Waals surface area contributed by atoms with Crippen LogP contribution < -0.4 is 0 Å². The first-order chi connectivity index (χ1) is 5.83. The molecule has 1 fully saturated rings. The van der Waals surface area contributed by atoms with E-state index in [0.29, 0.717) is 5.41 Å². The highest BCUT2D eigenvalue weighted by Crippen LogP contribution is 2.43. The predicted molar refractivity (Wildman–Crippen MR) is 62.3 cm³/mol. The van der Waals surface area contributed by atoms with Gasteiger partial charge in [-0.25, -0.2) is 0 Å². The molecule has 2 heteroatoms. The van der Waals surface area contributed by atoms with Gasteiger partial charge < -0.3 is 0 Å². The van der Waals surface area contributed by atoms with Crippen molar-refractivity contribution >= 4 is 27.7 Å². The summed E-state index contributed by atoms with van der Waals surface area (Å²) in [7, 11) is 0. The lowest BCUT2D eigenvalue weighted by molar-refractivity contribution is 0.317. The molecule has 1 saturated carbocycles. The Morgan fingerprint density at radius 1 is 1.33 bits per heavy atom. The fourth-order valence-corrected chi connectivity index (χ4v) is 3.44. The van der Waals surface area contributed by atoms with Crippen molar-refractivity contribution in [2.24, 2.45) is 5.41 Å². The molecule has 72 valence electrons. The molecule has 0 aromatic carbocycles. The molecule has 0 aromatic heterocycles. The van der Waals surface area contributed by atoms with Gasteiger partial charge in [0.1, 0.15) is 0 Å². The van der Waals surface area contributed by atoms with Gasteiger partial charge in [0.25, 0.3) is 0 Å². The van der Waals surface area contributed by atoms with Gasteiger partial charge in [-0.3, -0.25) is 0 Å². The smallest absolute Gasteiger partial charge is 0.00879 e. The van der Waals surface area contributed by atoms with Gasteiger partial charge in [0.05, 0.1) is 0 Å². The summed E-state index contributed by atoms with van der Waals surface area (Å²) < 4.78 is 0. The van der Waals surface area contributed by atoms with Crippen molar-refractivity contribution in [1.82, 2.24) is 0 Å². The highest BCUT2D eigenvalue weighted by molar-refractivity contribution is 9.09. The van der Waals surface area contributed by atoms with E-state index in [0.717, 1.165) is 0 Å².